The first-order chi connectivity index (χ1) is 7.45. The Morgan fingerprint density at radius 1 is 0.688 bits per heavy atom. The average Bonchev–Trinajstić information content (AvgIpc) is 2.34. The molecule has 0 aromatic heterocycles. The molecule has 0 aliphatic rings. The lowest BCUT2D eigenvalue weighted by atomic mass is 10.0. The van der Waals surface area contributed by atoms with Crippen LogP contribution in [0.3, 0.4) is 0 Å². The van der Waals surface area contributed by atoms with Crippen molar-refractivity contribution in [3.8, 4) is 0 Å². The number of nitrogens with two attached hydrogens (primary N) is 2. The molecule has 0 fully saturated rings. The van der Waals surface area contributed by atoms with Gasteiger partial charge in [0.2, 0.25) is 0 Å². The minimum absolute atomic E-state index is 0.597. The third kappa shape index (κ3) is 7.91. The Balaban J connectivity index is 0. The fourth-order valence-corrected chi connectivity index (χ4v) is 0.671. The molecule has 0 aromatic rings. The van der Waals surface area contributed by atoms with E-state index in [0.717, 1.165) is 0 Å². The number of hydrogen-bond acceptors (Lipinski definition) is 8. The highest BCUT2D eigenvalue weighted by molar-refractivity contribution is 4.79. The Kier molecular flexibility index (Phi) is 12.6. The number of aliphatic hydroxyl groups excluding tert-OH is 6. The van der Waals surface area contributed by atoms with Crippen LogP contribution in [-0.2, 0) is 0 Å². The van der Waals surface area contributed by atoms with Crippen LogP contribution < -0.4 is 11.5 Å². The summed E-state index contributed by atoms with van der Waals surface area (Å²) in [4.78, 5) is 0. The van der Waals surface area contributed by atoms with E-state index in [-0.39, 0.29) is 0 Å². The summed E-state index contributed by atoms with van der Waals surface area (Å²) < 4.78 is 0. The third-order valence-electron chi connectivity index (χ3n) is 1.68. The molecule has 8 heteroatoms. The van der Waals surface area contributed by atoms with E-state index in [1.54, 1.807) is 0 Å². The van der Waals surface area contributed by atoms with Gasteiger partial charge in [-0.05, 0) is 0 Å². The molecule has 10 N–H and O–H groups in total. The molecular formula is C8H22N2O6. The van der Waals surface area contributed by atoms with Crippen molar-refractivity contribution in [2.75, 3.05) is 26.3 Å². The SMILES string of the molecule is NCCN.OC[C@@H](O)[C@@H](O)[C@H](O)[C@@H](O)CO. The second-order valence-electron chi connectivity index (χ2n) is 3.06. The Morgan fingerprint density at radius 3 is 1.06 bits per heavy atom. The van der Waals surface area contributed by atoms with Crippen molar-refractivity contribution in [3.63, 3.8) is 0 Å². The minimum Gasteiger partial charge on any atom is -0.394 e. The van der Waals surface area contributed by atoms with Gasteiger partial charge in [0.1, 0.15) is 24.4 Å². The first-order valence-corrected chi connectivity index (χ1v) is 4.80. The molecule has 0 radical (unpaired) electrons. The molecule has 0 saturated carbocycles. The van der Waals surface area contributed by atoms with Crippen LogP contribution in [0.25, 0.3) is 0 Å². The molecular weight excluding hydrogens is 220 g/mol. The number of aliphatic hydroxyl groups is 6. The topological polar surface area (TPSA) is 173 Å². The molecule has 4 atom stereocenters. The van der Waals surface area contributed by atoms with Crippen LogP contribution in [0.5, 0.6) is 0 Å². The predicted molar refractivity (Wildman–Crippen MR) is 56.3 cm³/mol. The maximum absolute atomic E-state index is 8.96. The van der Waals surface area contributed by atoms with Gasteiger partial charge in [-0.15, -0.1) is 0 Å². The third-order valence-corrected chi connectivity index (χ3v) is 1.68. The quantitative estimate of drug-likeness (QED) is 0.229. The zero-order valence-corrected chi connectivity index (χ0v) is 8.98. The molecule has 0 rings (SSSR count). The highest BCUT2D eigenvalue weighted by atomic mass is 16.4. The summed E-state index contributed by atoms with van der Waals surface area (Å²) in [5, 5.41) is 52.2. The van der Waals surface area contributed by atoms with Crippen LogP contribution in [0.2, 0.25) is 0 Å². The lowest BCUT2D eigenvalue weighted by Gasteiger charge is -2.24. The van der Waals surface area contributed by atoms with E-state index in [0.29, 0.717) is 13.1 Å². The summed E-state index contributed by atoms with van der Waals surface area (Å²) in [6.07, 6.45) is -6.39. The molecule has 0 aromatic carbocycles. The van der Waals surface area contributed by atoms with Gasteiger partial charge in [-0.25, -0.2) is 0 Å². The summed E-state index contributed by atoms with van der Waals surface area (Å²) in [7, 11) is 0. The summed E-state index contributed by atoms with van der Waals surface area (Å²) in [5.74, 6) is 0. The molecule has 0 heterocycles. The monoisotopic (exact) mass is 242 g/mol. The fraction of sp³-hybridized carbons (Fsp3) is 1.00. The van der Waals surface area contributed by atoms with Gasteiger partial charge < -0.3 is 42.1 Å². The second kappa shape index (κ2) is 11.2. The largest absolute Gasteiger partial charge is 0.394 e. The van der Waals surface area contributed by atoms with Crippen LogP contribution in [-0.4, -0.2) is 81.4 Å². The Morgan fingerprint density at radius 2 is 0.938 bits per heavy atom. The minimum atomic E-state index is -1.67. The number of hydrogen-bond donors (Lipinski definition) is 8. The average molecular weight is 242 g/mol. The molecule has 0 amide bonds. The van der Waals surface area contributed by atoms with Gasteiger partial charge in [0.05, 0.1) is 13.2 Å². The predicted octanol–water partition coefficient (Wildman–Crippen LogP) is -4.68. The highest BCUT2D eigenvalue weighted by Gasteiger charge is 2.29. The molecule has 0 saturated heterocycles. The van der Waals surface area contributed by atoms with Crippen molar-refractivity contribution >= 4 is 0 Å². The zero-order valence-electron chi connectivity index (χ0n) is 8.98. The van der Waals surface area contributed by atoms with E-state index >= 15 is 0 Å². The van der Waals surface area contributed by atoms with Crippen LogP contribution in [0.15, 0.2) is 0 Å². The van der Waals surface area contributed by atoms with Gasteiger partial charge in [-0.3, -0.25) is 0 Å². The second-order valence-corrected chi connectivity index (χ2v) is 3.06. The van der Waals surface area contributed by atoms with Gasteiger partial charge in [0, 0.05) is 13.1 Å². The Bertz CT molecular complexity index is 134. The van der Waals surface area contributed by atoms with E-state index < -0.39 is 37.6 Å². The first-order valence-electron chi connectivity index (χ1n) is 4.80. The number of rotatable bonds is 6. The fourth-order valence-electron chi connectivity index (χ4n) is 0.671. The maximum atomic E-state index is 8.96. The van der Waals surface area contributed by atoms with Gasteiger partial charge in [-0.1, -0.05) is 0 Å². The van der Waals surface area contributed by atoms with Crippen LogP contribution in [0, 0.1) is 0 Å². The molecule has 16 heavy (non-hydrogen) atoms. The molecule has 0 spiro atoms. The van der Waals surface area contributed by atoms with Crippen molar-refractivity contribution in [3.05, 3.63) is 0 Å². The van der Waals surface area contributed by atoms with Crippen molar-refractivity contribution in [2.24, 2.45) is 11.5 Å². The van der Waals surface area contributed by atoms with Crippen molar-refractivity contribution < 1.29 is 30.6 Å². The van der Waals surface area contributed by atoms with Crippen LogP contribution in [0.1, 0.15) is 0 Å². The molecule has 8 nitrogen and oxygen atoms in total. The van der Waals surface area contributed by atoms with Crippen molar-refractivity contribution in [1.29, 1.82) is 0 Å². The van der Waals surface area contributed by atoms with Gasteiger partial charge >= 0.3 is 0 Å². The van der Waals surface area contributed by atoms with E-state index in [4.69, 9.17) is 42.1 Å². The van der Waals surface area contributed by atoms with Gasteiger partial charge in [0.25, 0.3) is 0 Å². The Labute approximate surface area is 93.7 Å². The maximum Gasteiger partial charge on any atom is 0.111 e. The van der Waals surface area contributed by atoms with E-state index in [2.05, 4.69) is 0 Å². The summed E-state index contributed by atoms with van der Waals surface area (Å²) in [6, 6.07) is 0. The van der Waals surface area contributed by atoms with Crippen molar-refractivity contribution in [2.45, 2.75) is 24.4 Å². The molecule has 100 valence electrons. The first kappa shape index (κ1) is 18.1. The van der Waals surface area contributed by atoms with E-state index in [1.807, 2.05) is 0 Å². The summed E-state index contributed by atoms with van der Waals surface area (Å²) >= 11 is 0. The lowest BCUT2D eigenvalue weighted by Crippen LogP contribution is -2.46. The lowest BCUT2D eigenvalue weighted by molar-refractivity contribution is -0.123. The summed E-state index contributed by atoms with van der Waals surface area (Å²) in [5.41, 5.74) is 9.81. The van der Waals surface area contributed by atoms with Crippen LogP contribution >= 0.6 is 0 Å². The van der Waals surface area contributed by atoms with Crippen LogP contribution in [0.4, 0.5) is 0 Å². The molecule has 0 bridgehead atoms. The molecule has 0 aliphatic carbocycles. The standard InChI is InChI=1S/C6H14O6.C2H8N2/c7-1-3(9)5(11)6(12)4(10)2-8;3-1-2-4/h3-12H,1-2H2;1-4H2/t3-,4+,5-,6-;/m1./s1. The smallest absolute Gasteiger partial charge is 0.111 e. The highest BCUT2D eigenvalue weighted by Crippen LogP contribution is 2.03. The van der Waals surface area contributed by atoms with Gasteiger partial charge in [0.15, 0.2) is 0 Å². The van der Waals surface area contributed by atoms with Crippen molar-refractivity contribution in [1.82, 2.24) is 0 Å². The van der Waals surface area contributed by atoms with E-state index in [1.165, 1.54) is 0 Å². The Hall–Kier alpha value is -0.320. The van der Waals surface area contributed by atoms with Gasteiger partial charge in [-0.2, -0.15) is 0 Å². The zero-order chi connectivity index (χ0) is 13.1. The molecule has 0 aliphatic heterocycles. The molecule has 0 unspecified atom stereocenters. The normalized spacial score (nSPS) is 18.0. The summed E-state index contributed by atoms with van der Waals surface area (Å²) in [6.45, 7) is -0.257. The van der Waals surface area contributed by atoms with E-state index in [9.17, 15) is 0 Å².